The minimum absolute atomic E-state index is 0.404. The van der Waals surface area contributed by atoms with Crippen LogP contribution < -0.4 is 5.32 Å². The number of carbonyl (C=O) groups is 1. The smallest absolute Gasteiger partial charge is 0.241 e. The Kier molecular flexibility index (Phi) is 7.61. The second-order valence-electron chi connectivity index (χ2n) is 4.90. The zero-order valence-corrected chi connectivity index (χ0v) is 11.6. The van der Waals surface area contributed by atoms with Gasteiger partial charge in [0.2, 0.25) is 5.91 Å². The lowest BCUT2D eigenvalue weighted by Gasteiger charge is -2.33. The minimum Gasteiger partial charge on any atom is -0.394 e. The number of aliphatic hydroxyl groups excluding tert-OH is 3. The van der Waals surface area contributed by atoms with Gasteiger partial charge in [0.05, 0.1) is 25.9 Å². The Morgan fingerprint density at radius 3 is 1.79 bits per heavy atom. The summed E-state index contributed by atoms with van der Waals surface area (Å²) in [5, 5.41) is 39.4. The first-order valence-electron chi connectivity index (χ1n) is 6.56. The van der Waals surface area contributed by atoms with Gasteiger partial charge in [0.1, 0.15) is 11.0 Å². The predicted molar refractivity (Wildman–Crippen MR) is 70.0 cm³/mol. The molecule has 0 fully saturated rings. The Morgan fingerprint density at radius 2 is 1.53 bits per heavy atom. The van der Waals surface area contributed by atoms with E-state index in [0.29, 0.717) is 25.7 Å². The molecule has 0 spiro atoms. The van der Waals surface area contributed by atoms with Gasteiger partial charge >= 0.3 is 0 Å². The SMILES string of the molecule is CCCC(C#N)(CCC)C(=O)NC(CO)(CO)CO. The summed E-state index contributed by atoms with van der Waals surface area (Å²) >= 11 is 0. The molecule has 0 aromatic rings. The lowest BCUT2D eigenvalue weighted by molar-refractivity contribution is -0.133. The average Bonchev–Trinajstić information content (AvgIpc) is 2.44. The van der Waals surface area contributed by atoms with Gasteiger partial charge in [-0.1, -0.05) is 26.7 Å². The fourth-order valence-corrected chi connectivity index (χ4v) is 2.00. The predicted octanol–water partition coefficient (Wildman–Crippen LogP) is -0.0715. The van der Waals surface area contributed by atoms with Crippen LogP contribution in [0.4, 0.5) is 0 Å². The van der Waals surface area contributed by atoms with E-state index in [2.05, 4.69) is 11.4 Å². The molecule has 0 aliphatic heterocycles. The fraction of sp³-hybridized carbons (Fsp3) is 0.846. The molecule has 0 atom stereocenters. The van der Waals surface area contributed by atoms with E-state index in [4.69, 9.17) is 0 Å². The van der Waals surface area contributed by atoms with Crippen LogP contribution in [0.2, 0.25) is 0 Å². The molecule has 6 nitrogen and oxygen atoms in total. The lowest BCUT2D eigenvalue weighted by atomic mass is 9.79. The van der Waals surface area contributed by atoms with Gasteiger partial charge in [-0.25, -0.2) is 0 Å². The van der Waals surface area contributed by atoms with E-state index < -0.39 is 36.7 Å². The summed E-state index contributed by atoms with van der Waals surface area (Å²) in [4.78, 5) is 12.3. The Hall–Kier alpha value is -1.16. The molecule has 0 aromatic carbocycles. The molecule has 0 saturated heterocycles. The molecule has 0 unspecified atom stereocenters. The highest BCUT2D eigenvalue weighted by molar-refractivity contribution is 5.86. The summed E-state index contributed by atoms with van der Waals surface area (Å²) in [6, 6.07) is 2.06. The molecule has 0 aliphatic rings. The van der Waals surface area contributed by atoms with Gasteiger partial charge in [-0.2, -0.15) is 5.26 Å². The van der Waals surface area contributed by atoms with Gasteiger partial charge in [-0.3, -0.25) is 4.79 Å². The summed E-state index contributed by atoms with van der Waals surface area (Å²) in [6.45, 7) is 1.99. The maximum absolute atomic E-state index is 12.3. The number of nitriles is 1. The molecular formula is C13H24N2O4. The number of nitrogens with one attached hydrogen (secondary N) is 1. The van der Waals surface area contributed by atoms with Crippen LogP contribution in [0.15, 0.2) is 0 Å². The number of carbonyl (C=O) groups excluding carboxylic acids is 1. The Bertz CT molecular complexity index is 307. The van der Waals surface area contributed by atoms with E-state index >= 15 is 0 Å². The van der Waals surface area contributed by atoms with Crippen molar-refractivity contribution in [3.8, 4) is 6.07 Å². The number of amides is 1. The molecule has 0 heterocycles. The Labute approximate surface area is 114 Å². The maximum Gasteiger partial charge on any atom is 0.241 e. The zero-order valence-electron chi connectivity index (χ0n) is 11.6. The van der Waals surface area contributed by atoms with Crippen molar-refractivity contribution >= 4 is 5.91 Å². The number of hydrogen-bond donors (Lipinski definition) is 4. The zero-order chi connectivity index (χ0) is 14.9. The molecule has 0 aliphatic carbocycles. The van der Waals surface area contributed by atoms with Crippen LogP contribution >= 0.6 is 0 Å². The summed E-state index contributed by atoms with van der Waals surface area (Å²) in [7, 11) is 0. The second-order valence-corrected chi connectivity index (χ2v) is 4.90. The van der Waals surface area contributed by atoms with Crippen LogP contribution in [0, 0.1) is 16.7 Å². The molecule has 6 heteroatoms. The van der Waals surface area contributed by atoms with E-state index in [-0.39, 0.29) is 0 Å². The average molecular weight is 272 g/mol. The summed E-state index contributed by atoms with van der Waals surface area (Å²) < 4.78 is 0. The van der Waals surface area contributed by atoms with Crippen LogP contribution in [-0.2, 0) is 4.79 Å². The third kappa shape index (κ3) is 4.16. The van der Waals surface area contributed by atoms with Gasteiger partial charge in [0, 0.05) is 0 Å². The normalized spacial score (nSPS) is 12.0. The summed E-state index contributed by atoms with van der Waals surface area (Å²) in [6.07, 6.45) is 2.15. The summed E-state index contributed by atoms with van der Waals surface area (Å²) in [5.74, 6) is -0.546. The van der Waals surface area contributed by atoms with Crippen LogP contribution in [0.1, 0.15) is 39.5 Å². The highest BCUT2D eigenvalue weighted by atomic mass is 16.3. The van der Waals surface area contributed by atoms with E-state index in [1.54, 1.807) is 0 Å². The first-order chi connectivity index (χ1) is 8.99. The number of rotatable bonds is 9. The topological polar surface area (TPSA) is 114 Å². The van der Waals surface area contributed by atoms with Crippen LogP contribution in [0.25, 0.3) is 0 Å². The van der Waals surface area contributed by atoms with E-state index in [1.807, 2.05) is 13.8 Å². The molecule has 1 amide bonds. The van der Waals surface area contributed by atoms with Gasteiger partial charge in [-0.05, 0) is 12.8 Å². The third-order valence-corrected chi connectivity index (χ3v) is 3.29. The first kappa shape index (κ1) is 17.8. The standard InChI is InChI=1S/C13H24N2O4/c1-3-5-12(7-14,6-4-2)11(19)15-13(8-16,9-17)10-18/h16-18H,3-6,8-10H2,1-2H3,(H,15,19). The molecule has 0 aromatic heterocycles. The largest absolute Gasteiger partial charge is 0.394 e. The van der Waals surface area contributed by atoms with Crippen LogP contribution in [0.3, 0.4) is 0 Å². The van der Waals surface area contributed by atoms with Crippen molar-refractivity contribution in [2.45, 2.75) is 45.1 Å². The summed E-state index contributed by atoms with van der Waals surface area (Å²) in [5.41, 5.74) is -2.66. The van der Waals surface area contributed by atoms with Crippen molar-refractivity contribution in [2.75, 3.05) is 19.8 Å². The van der Waals surface area contributed by atoms with Gasteiger partial charge in [0.25, 0.3) is 0 Å². The Balaban J connectivity index is 5.16. The van der Waals surface area contributed by atoms with E-state index in [9.17, 15) is 25.4 Å². The van der Waals surface area contributed by atoms with Crippen molar-refractivity contribution in [2.24, 2.45) is 5.41 Å². The highest BCUT2D eigenvalue weighted by Crippen LogP contribution is 2.30. The van der Waals surface area contributed by atoms with Crippen molar-refractivity contribution in [1.29, 1.82) is 5.26 Å². The lowest BCUT2D eigenvalue weighted by Crippen LogP contribution is -2.60. The van der Waals surface area contributed by atoms with Crippen molar-refractivity contribution in [1.82, 2.24) is 5.32 Å². The third-order valence-electron chi connectivity index (χ3n) is 3.29. The second kappa shape index (κ2) is 8.10. The number of aliphatic hydroxyl groups is 3. The van der Waals surface area contributed by atoms with Crippen molar-refractivity contribution < 1.29 is 20.1 Å². The quantitative estimate of drug-likeness (QED) is 0.469. The van der Waals surface area contributed by atoms with Crippen molar-refractivity contribution in [3.05, 3.63) is 0 Å². The minimum atomic E-state index is -1.49. The molecule has 0 rings (SSSR count). The first-order valence-corrected chi connectivity index (χ1v) is 6.56. The molecule has 110 valence electrons. The number of hydrogen-bond acceptors (Lipinski definition) is 5. The fourth-order valence-electron chi connectivity index (χ4n) is 2.00. The van der Waals surface area contributed by atoms with Gasteiger partial charge in [0.15, 0.2) is 0 Å². The maximum atomic E-state index is 12.3. The van der Waals surface area contributed by atoms with Crippen molar-refractivity contribution in [3.63, 3.8) is 0 Å². The van der Waals surface area contributed by atoms with Gasteiger partial charge in [-0.15, -0.1) is 0 Å². The monoisotopic (exact) mass is 272 g/mol. The highest BCUT2D eigenvalue weighted by Gasteiger charge is 2.41. The molecule has 19 heavy (non-hydrogen) atoms. The molecule has 4 N–H and O–H groups in total. The Morgan fingerprint density at radius 1 is 1.11 bits per heavy atom. The van der Waals surface area contributed by atoms with Crippen LogP contribution in [-0.4, -0.2) is 46.6 Å². The van der Waals surface area contributed by atoms with Crippen LogP contribution in [0.5, 0.6) is 0 Å². The molecule has 0 saturated carbocycles. The number of nitrogens with zero attached hydrogens (tertiary/aromatic N) is 1. The van der Waals surface area contributed by atoms with E-state index in [1.165, 1.54) is 0 Å². The van der Waals surface area contributed by atoms with E-state index in [0.717, 1.165) is 0 Å². The molecular weight excluding hydrogens is 248 g/mol. The molecule has 0 radical (unpaired) electrons. The molecule has 0 bridgehead atoms. The van der Waals surface area contributed by atoms with Gasteiger partial charge < -0.3 is 20.6 Å².